The quantitative estimate of drug-likeness (QED) is 0.517. The molecule has 1 amide bonds. The topological polar surface area (TPSA) is 65.8 Å². The Morgan fingerprint density at radius 1 is 1.26 bits per heavy atom. The minimum atomic E-state index is -4.58. The van der Waals surface area contributed by atoms with Gasteiger partial charge in [-0.1, -0.05) is 13.8 Å². The zero-order chi connectivity index (χ0) is 24.9. The van der Waals surface area contributed by atoms with Gasteiger partial charge in [-0.3, -0.25) is 4.79 Å². The van der Waals surface area contributed by atoms with E-state index < -0.39 is 11.7 Å². The van der Waals surface area contributed by atoms with Crippen molar-refractivity contribution in [3.05, 3.63) is 29.3 Å². The third-order valence-electron chi connectivity index (χ3n) is 7.05. The van der Waals surface area contributed by atoms with Crippen molar-refractivity contribution in [1.82, 2.24) is 4.90 Å². The van der Waals surface area contributed by atoms with E-state index in [2.05, 4.69) is 0 Å². The minimum Gasteiger partial charge on any atom is -0.382 e. The summed E-state index contributed by atoms with van der Waals surface area (Å²) < 4.78 is 51.2. The summed E-state index contributed by atoms with van der Waals surface area (Å²) in [4.78, 5) is 16.7. The fourth-order valence-electron chi connectivity index (χ4n) is 5.14. The number of likely N-dealkylation sites (tertiary alicyclic amines) is 1. The van der Waals surface area contributed by atoms with Gasteiger partial charge in [0.25, 0.3) is 0 Å². The Kier molecular flexibility index (Phi) is 8.47. The van der Waals surface area contributed by atoms with Crippen LogP contribution in [-0.2, 0) is 20.4 Å². The largest absolute Gasteiger partial charge is 0.417 e. The second kappa shape index (κ2) is 11.0. The molecule has 2 aliphatic heterocycles. The average Bonchev–Trinajstić information content (AvgIpc) is 3.13. The highest BCUT2D eigenvalue weighted by Crippen LogP contribution is 2.46. The molecule has 0 N–H and O–H groups in total. The molecule has 2 heterocycles. The van der Waals surface area contributed by atoms with Crippen molar-refractivity contribution in [2.24, 2.45) is 17.3 Å². The first-order valence-corrected chi connectivity index (χ1v) is 11.8. The van der Waals surface area contributed by atoms with Crippen LogP contribution in [-0.4, -0.2) is 63.9 Å². The number of anilines is 1. The Hall–Kier alpha value is -2.31. The van der Waals surface area contributed by atoms with Crippen molar-refractivity contribution in [1.29, 1.82) is 5.26 Å². The predicted molar refractivity (Wildman–Crippen MR) is 122 cm³/mol. The number of rotatable bonds is 8. The van der Waals surface area contributed by atoms with Gasteiger partial charge in [0, 0.05) is 51.3 Å². The summed E-state index contributed by atoms with van der Waals surface area (Å²) in [5.41, 5.74) is -0.910. The molecule has 34 heavy (non-hydrogen) atoms. The third kappa shape index (κ3) is 6.02. The number of halogens is 3. The van der Waals surface area contributed by atoms with Gasteiger partial charge in [-0.15, -0.1) is 0 Å². The van der Waals surface area contributed by atoms with Gasteiger partial charge in [-0.25, -0.2) is 0 Å². The number of carbonyl (C=O) groups excluding carboxylic acids is 1. The van der Waals surface area contributed by atoms with Crippen molar-refractivity contribution in [2.75, 3.05) is 58.0 Å². The Bertz CT molecular complexity index is 890. The lowest BCUT2D eigenvalue weighted by Crippen LogP contribution is -2.45. The molecule has 0 saturated carbocycles. The van der Waals surface area contributed by atoms with Crippen LogP contribution in [0.1, 0.15) is 44.2 Å². The molecule has 1 unspecified atom stereocenters. The number of methoxy groups -OCH3 is 1. The van der Waals surface area contributed by atoms with Gasteiger partial charge in [0.05, 0.1) is 37.0 Å². The van der Waals surface area contributed by atoms with Crippen LogP contribution in [0.3, 0.4) is 0 Å². The molecule has 1 aromatic rings. The SMILES string of the molecule is COCCOCC1CN(C(=O)CC(C)C)CC12CCN(c1ccc(C#N)c(C(F)(F)F)c1)CC2. The highest BCUT2D eigenvalue weighted by molar-refractivity contribution is 5.76. The van der Waals surface area contributed by atoms with Crippen LogP contribution in [0.5, 0.6) is 0 Å². The average molecular weight is 482 g/mol. The van der Waals surface area contributed by atoms with Gasteiger partial charge in [0.2, 0.25) is 5.91 Å². The van der Waals surface area contributed by atoms with E-state index in [1.807, 2.05) is 23.6 Å². The van der Waals surface area contributed by atoms with Crippen LogP contribution in [0.15, 0.2) is 18.2 Å². The lowest BCUT2D eigenvalue weighted by atomic mass is 9.71. The van der Waals surface area contributed by atoms with E-state index in [-0.39, 0.29) is 28.7 Å². The fraction of sp³-hybridized carbons (Fsp3) is 0.680. The molecule has 6 nitrogen and oxygen atoms in total. The first kappa shape index (κ1) is 26.3. The number of nitrogens with zero attached hydrogens (tertiary/aromatic N) is 3. The summed E-state index contributed by atoms with van der Waals surface area (Å²) >= 11 is 0. The smallest absolute Gasteiger partial charge is 0.382 e. The number of hydrogen-bond acceptors (Lipinski definition) is 5. The number of carbonyl (C=O) groups is 1. The van der Waals surface area contributed by atoms with Gasteiger partial charge in [-0.2, -0.15) is 18.4 Å². The van der Waals surface area contributed by atoms with E-state index in [4.69, 9.17) is 14.7 Å². The maximum Gasteiger partial charge on any atom is 0.417 e. The van der Waals surface area contributed by atoms with Crippen LogP contribution >= 0.6 is 0 Å². The lowest BCUT2D eigenvalue weighted by Gasteiger charge is -2.43. The number of alkyl halides is 3. The van der Waals surface area contributed by atoms with Gasteiger partial charge < -0.3 is 19.3 Å². The Morgan fingerprint density at radius 3 is 2.56 bits per heavy atom. The number of benzene rings is 1. The molecule has 1 atom stereocenters. The molecule has 0 radical (unpaired) electrons. The van der Waals surface area contributed by atoms with Crippen molar-refractivity contribution in [3.63, 3.8) is 0 Å². The highest BCUT2D eigenvalue weighted by Gasteiger charge is 2.49. The molecule has 2 fully saturated rings. The lowest BCUT2D eigenvalue weighted by molar-refractivity contribution is -0.137. The second-order valence-corrected chi connectivity index (χ2v) is 9.83. The number of ether oxygens (including phenoxy) is 2. The molecule has 2 aliphatic rings. The van der Waals surface area contributed by atoms with Crippen molar-refractivity contribution >= 4 is 11.6 Å². The predicted octanol–water partition coefficient (Wildman–Crippen LogP) is 4.33. The Labute approximate surface area is 199 Å². The highest BCUT2D eigenvalue weighted by atomic mass is 19.4. The summed E-state index contributed by atoms with van der Waals surface area (Å²) in [6.45, 7) is 8.06. The number of amides is 1. The standard InChI is InChI=1S/C25H34F3N3O3/c1-18(2)12-23(32)31-15-20(16-34-11-10-33-3)24(17-31)6-8-30(9-7-24)21-5-4-19(14-29)22(13-21)25(26,27)28/h4-5,13,18,20H,6-12,15-17H2,1-3H3. The van der Waals surface area contributed by atoms with Crippen LogP contribution in [0.4, 0.5) is 18.9 Å². The van der Waals surface area contributed by atoms with E-state index in [0.717, 1.165) is 18.9 Å². The van der Waals surface area contributed by atoms with Crippen LogP contribution in [0, 0.1) is 28.6 Å². The first-order valence-electron chi connectivity index (χ1n) is 11.8. The van der Waals surface area contributed by atoms with Crippen LogP contribution < -0.4 is 4.90 Å². The summed E-state index contributed by atoms with van der Waals surface area (Å²) in [6, 6.07) is 5.55. The van der Waals surface area contributed by atoms with Gasteiger partial charge in [-0.05, 0) is 42.4 Å². The molecule has 9 heteroatoms. The molecule has 0 aromatic heterocycles. The summed E-state index contributed by atoms with van der Waals surface area (Å²) in [7, 11) is 1.62. The third-order valence-corrected chi connectivity index (χ3v) is 7.05. The molecule has 2 saturated heterocycles. The second-order valence-electron chi connectivity index (χ2n) is 9.83. The molecule has 1 spiro atoms. The Morgan fingerprint density at radius 2 is 1.97 bits per heavy atom. The maximum absolute atomic E-state index is 13.4. The first-order chi connectivity index (χ1) is 16.1. The number of hydrogen-bond donors (Lipinski definition) is 0. The van der Waals surface area contributed by atoms with Crippen LogP contribution in [0.25, 0.3) is 0 Å². The molecule has 188 valence electrons. The zero-order valence-corrected chi connectivity index (χ0v) is 20.2. The normalized spacial score (nSPS) is 20.2. The number of nitriles is 1. The number of piperidine rings is 1. The zero-order valence-electron chi connectivity index (χ0n) is 20.2. The monoisotopic (exact) mass is 481 g/mol. The van der Waals surface area contributed by atoms with E-state index in [9.17, 15) is 18.0 Å². The van der Waals surface area contributed by atoms with E-state index in [1.54, 1.807) is 19.2 Å². The van der Waals surface area contributed by atoms with Crippen molar-refractivity contribution < 1.29 is 27.4 Å². The van der Waals surface area contributed by atoms with E-state index in [1.165, 1.54) is 6.07 Å². The molecule has 0 bridgehead atoms. The Balaban J connectivity index is 1.74. The molecule has 3 rings (SSSR count). The van der Waals surface area contributed by atoms with E-state index >= 15 is 0 Å². The molecule has 1 aromatic carbocycles. The van der Waals surface area contributed by atoms with E-state index in [0.29, 0.717) is 58.1 Å². The molecular formula is C25H34F3N3O3. The molecular weight excluding hydrogens is 447 g/mol. The summed E-state index contributed by atoms with van der Waals surface area (Å²) in [6.07, 6.45) is -2.55. The maximum atomic E-state index is 13.4. The van der Waals surface area contributed by atoms with Gasteiger partial charge in [0.15, 0.2) is 0 Å². The fourth-order valence-corrected chi connectivity index (χ4v) is 5.14. The van der Waals surface area contributed by atoms with Crippen LogP contribution in [0.2, 0.25) is 0 Å². The van der Waals surface area contributed by atoms with Crippen molar-refractivity contribution in [2.45, 2.75) is 39.3 Å². The van der Waals surface area contributed by atoms with Gasteiger partial charge in [0.1, 0.15) is 0 Å². The minimum absolute atomic E-state index is 0.115. The summed E-state index contributed by atoms with van der Waals surface area (Å²) in [5.74, 6) is 0.605. The summed E-state index contributed by atoms with van der Waals surface area (Å²) in [5, 5.41) is 9.06. The van der Waals surface area contributed by atoms with Gasteiger partial charge >= 0.3 is 6.18 Å². The molecule has 0 aliphatic carbocycles. The van der Waals surface area contributed by atoms with Crippen molar-refractivity contribution in [3.8, 4) is 6.07 Å².